The molecule has 1 heterocycles. The van der Waals surface area contributed by atoms with Crippen LogP contribution in [-0.4, -0.2) is 36.9 Å². The number of aromatic nitrogens is 2. The molecular formula is C8H12ClN3O4. The Bertz CT molecular complexity index is 381. The van der Waals surface area contributed by atoms with E-state index in [9.17, 15) is 20.3 Å². The molecule has 1 aromatic heterocycles. The van der Waals surface area contributed by atoms with E-state index in [0.717, 1.165) is 6.20 Å². The number of aliphatic hydroxyl groups is 2. The molecule has 0 aromatic carbocycles. The summed E-state index contributed by atoms with van der Waals surface area (Å²) in [5, 5.41) is 29.2. The van der Waals surface area contributed by atoms with Gasteiger partial charge in [-0.3, -0.25) is 4.57 Å². The zero-order chi connectivity index (χ0) is 12.3. The number of hydrogen-bond donors (Lipinski definition) is 2. The van der Waals surface area contributed by atoms with Crippen molar-refractivity contribution in [3.05, 3.63) is 21.6 Å². The maximum absolute atomic E-state index is 10.4. The lowest BCUT2D eigenvalue weighted by molar-refractivity contribution is -0.389. The minimum Gasteiger partial charge on any atom is -0.390 e. The van der Waals surface area contributed by atoms with E-state index in [1.54, 1.807) is 6.92 Å². The van der Waals surface area contributed by atoms with Gasteiger partial charge in [0.1, 0.15) is 6.20 Å². The second-order valence-corrected chi connectivity index (χ2v) is 3.66. The molecule has 7 nitrogen and oxygen atoms in total. The molecule has 90 valence electrons. The average molecular weight is 250 g/mol. The second kappa shape index (κ2) is 5.24. The molecule has 0 fully saturated rings. The van der Waals surface area contributed by atoms with Gasteiger partial charge in [0.25, 0.3) is 0 Å². The highest BCUT2D eigenvalue weighted by molar-refractivity contribution is 6.28. The van der Waals surface area contributed by atoms with Gasteiger partial charge in [0.15, 0.2) is 0 Å². The predicted molar refractivity (Wildman–Crippen MR) is 56.2 cm³/mol. The third kappa shape index (κ3) is 2.91. The zero-order valence-corrected chi connectivity index (χ0v) is 9.33. The first kappa shape index (κ1) is 12.9. The molecule has 0 amide bonds. The highest BCUT2D eigenvalue weighted by Crippen LogP contribution is 2.16. The summed E-state index contributed by atoms with van der Waals surface area (Å²) in [5.41, 5.74) is 0. The van der Waals surface area contributed by atoms with E-state index < -0.39 is 17.1 Å². The molecule has 0 saturated heterocycles. The van der Waals surface area contributed by atoms with E-state index in [0.29, 0.717) is 6.42 Å². The van der Waals surface area contributed by atoms with Crippen molar-refractivity contribution in [2.45, 2.75) is 32.1 Å². The Hall–Kier alpha value is -1.18. The van der Waals surface area contributed by atoms with E-state index >= 15 is 0 Å². The zero-order valence-electron chi connectivity index (χ0n) is 8.58. The molecule has 0 aliphatic heterocycles. The predicted octanol–water partition coefficient (Wildman–Crippen LogP) is 0.576. The van der Waals surface area contributed by atoms with E-state index in [4.69, 9.17) is 11.6 Å². The molecular weight excluding hydrogens is 238 g/mol. The van der Waals surface area contributed by atoms with Crippen LogP contribution in [0, 0.1) is 10.1 Å². The van der Waals surface area contributed by atoms with Crippen LogP contribution in [-0.2, 0) is 6.54 Å². The fourth-order valence-electron chi connectivity index (χ4n) is 1.19. The van der Waals surface area contributed by atoms with Gasteiger partial charge in [0.2, 0.25) is 0 Å². The lowest BCUT2D eigenvalue weighted by Crippen LogP contribution is -2.29. The molecule has 0 aliphatic carbocycles. The lowest BCUT2D eigenvalue weighted by Gasteiger charge is -2.15. The Labute approximate surface area is 96.4 Å². The van der Waals surface area contributed by atoms with Crippen molar-refractivity contribution >= 4 is 17.4 Å². The largest absolute Gasteiger partial charge is 0.390 e. The van der Waals surface area contributed by atoms with E-state index in [1.807, 2.05) is 0 Å². The van der Waals surface area contributed by atoms with Gasteiger partial charge in [0, 0.05) is 0 Å². The summed E-state index contributed by atoms with van der Waals surface area (Å²) < 4.78 is 1.23. The Morgan fingerprint density at radius 3 is 2.69 bits per heavy atom. The smallest absolute Gasteiger partial charge is 0.383 e. The number of nitrogens with zero attached hydrogens (tertiary/aromatic N) is 3. The van der Waals surface area contributed by atoms with Crippen molar-refractivity contribution in [2.75, 3.05) is 0 Å². The fraction of sp³-hybridized carbons (Fsp3) is 0.625. The maximum Gasteiger partial charge on any atom is 0.383 e. The van der Waals surface area contributed by atoms with Crippen LogP contribution in [0.15, 0.2) is 6.20 Å². The first-order valence-corrected chi connectivity index (χ1v) is 5.06. The average Bonchev–Trinajstić information content (AvgIpc) is 2.59. The van der Waals surface area contributed by atoms with Gasteiger partial charge in [-0.2, -0.15) is 0 Å². The minimum absolute atomic E-state index is 0.0331. The van der Waals surface area contributed by atoms with Crippen molar-refractivity contribution in [1.29, 1.82) is 0 Å². The van der Waals surface area contributed by atoms with E-state index in [-0.39, 0.29) is 17.6 Å². The molecule has 2 N–H and O–H groups in total. The van der Waals surface area contributed by atoms with Gasteiger partial charge in [-0.05, 0) is 27.9 Å². The van der Waals surface area contributed by atoms with E-state index in [2.05, 4.69) is 4.98 Å². The van der Waals surface area contributed by atoms with Gasteiger partial charge in [-0.1, -0.05) is 6.92 Å². The highest BCUT2D eigenvalue weighted by Gasteiger charge is 2.21. The topological polar surface area (TPSA) is 101 Å². The summed E-state index contributed by atoms with van der Waals surface area (Å²) in [5.74, 6) is -0.386. The normalized spacial score (nSPS) is 14.8. The van der Waals surface area contributed by atoms with Crippen LogP contribution in [0.2, 0.25) is 5.28 Å². The number of hydrogen-bond acceptors (Lipinski definition) is 5. The Morgan fingerprint density at radius 2 is 2.25 bits per heavy atom. The van der Waals surface area contributed by atoms with Crippen molar-refractivity contribution in [3.8, 4) is 0 Å². The third-order valence-corrected chi connectivity index (χ3v) is 2.45. The minimum atomic E-state index is -1.03. The summed E-state index contributed by atoms with van der Waals surface area (Å²) >= 11 is 5.64. The molecule has 0 bridgehead atoms. The van der Waals surface area contributed by atoms with Crippen LogP contribution >= 0.6 is 11.6 Å². The monoisotopic (exact) mass is 249 g/mol. The Kier molecular flexibility index (Phi) is 4.22. The molecule has 8 heteroatoms. The summed E-state index contributed by atoms with van der Waals surface area (Å²) in [7, 11) is 0. The molecule has 0 saturated carbocycles. The number of rotatable bonds is 5. The van der Waals surface area contributed by atoms with Crippen LogP contribution in [0.3, 0.4) is 0 Å². The molecule has 0 aliphatic rings. The van der Waals surface area contributed by atoms with Crippen LogP contribution < -0.4 is 0 Å². The molecule has 0 radical (unpaired) electrons. The summed E-state index contributed by atoms with van der Waals surface area (Å²) in [6, 6.07) is 0. The van der Waals surface area contributed by atoms with E-state index in [1.165, 1.54) is 4.57 Å². The summed E-state index contributed by atoms with van der Waals surface area (Å²) in [6.45, 7) is 1.68. The maximum atomic E-state index is 10.4. The first-order chi connectivity index (χ1) is 7.45. The molecule has 2 atom stereocenters. The number of nitro groups is 1. The van der Waals surface area contributed by atoms with Crippen LogP contribution in [0.4, 0.5) is 5.82 Å². The number of halogens is 1. The van der Waals surface area contributed by atoms with Crippen LogP contribution in [0.5, 0.6) is 0 Å². The van der Waals surface area contributed by atoms with Gasteiger partial charge in [-0.25, -0.2) is 0 Å². The summed E-state index contributed by atoms with van der Waals surface area (Å²) in [6.07, 6.45) is -0.419. The molecule has 0 unspecified atom stereocenters. The van der Waals surface area contributed by atoms with Gasteiger partial charge in [-0.15, -0.1) is 0 Å². The standard InChI is InChI=1S/C8H12ClN3O4/c1-2-5(13)6(14)3-11-4-7(12(15)16)10-8(11)9/h4-6,13-14H,2-3H2,1H3/t5-,6-/m1/s1. The fourth-order valence-corrected chi connectivity index (χ4v) is 1.40. The highest BCUT2D eigenvalue weighted by atomic mass is 35.5. The van der Waals surface area contributed by atoms with Gasteiger partial charge in [0.05, 0.1) is 18.8 Å². The number of imidazole rings is 1. The third-order valence-electron chi connectivity index (χ3n) is 2.15. The number of aliphatic hydroxyl groups excluding tert-OH is 2. The Balaban J connectivity index is 2.77. The van der Waals surface area contributed by atoms with Gasteiger partial charge < -0.3 is 20.3 Å². The molecule has 1 aromatic rings. The van der Waals surface area contributed by atoms with Crippen molar-refractivity contribution in [2.24, 2.45) is 0 Å². The summed E-state index contributed by atoms with van der Waals surface area (Å²) in [4.78, 5) is 13.2. The lowest BCUT2D eigenvalue weighted by atomic mass is 10.1. The van der Waals surface area contributed by atoms with Crippen LogP contribution in [0.1, 0.15) is 13.3 Å². The molecule has 0 spiro atoms. The first-order valence-electron chi connectivity index (χ1n) is 4.68. The van der Waals surface area contributed by atoms with Crippen molar-refractivity contribution in [1.82, 2.24) is 9.55 Å². The second-order valence-electron chi connectivity index (χ2n) is 3.32. The molecule has 16 heavy (non-hydrogen) atoms. The quantitative estimate of drug-likeness (QED) is 0.587. The molecule has 1 rings (SSSR count). The van der Waals surface area contributed by atoms with Crippen LogP contribution in [0.25, 0.3) is 0 Å². The Morgan fingerprint density at radius 1 is 1.62 bits per heavy atom. The van der Waals surface area contributed by atoms with Crippen molar-refractivity contribution < 1.29 is 15.1 Å². The van der Waals surface area contributed by atoms with Gasteiger partial charge >= 0.3 is 11.1 Å². The SMILES string of the molecule is CC[C@@H](O)[C@H](O)Cn1cc([N+](=O)[O-])nc1Cl. The van der Waals surface area contributed by atoms with Crippen molar-refractivity contribution in [3.63, 3.8) is 0 Å².